The van der Waals surface area contributed by atoms with Crippen molar-refractivity contribution in [3.05, 3.63) is 12.2 Å². The lowest BCUT2D eigenvalue weighted by atomic mass is 10.4. The van der Waals surface area contributed by atoms with Crippen molar-refractivity contribution in [2.45, 2.75) is 12.8 Å². The van der Waals surface area contributed by atoms with Crippen LogP contribution in [0.5, 0.6) is 0 Å². The number of likely N-dealkylation sites (tertiary alicyclic amines) is 1. The fourth-order valence-electron chi connectivity index (χ4n) is 1.32. The number of urea groups is 1. The monoisotopic (exact) mass is 202 g/mol. The largest absolute Gasteiger partial charge is 0.335 e. The Labute approximate surface area is 83.7 Å². The van der Waals surface area contributed by atoms with Gasteiger partial charge in [0.1, 0.15) is 0 Å². The number of allylic oxidation sites excluding steroid dienone is 1. The first-order valence-corrected chi connectivity index (χ1v) is 5.12. The third-order valence-corrected chi connectivity index (χ3v) is 2.20. The van der Waals surface area contributed by atoms with Gasteiger partial charge in [0.25, 0.3) is 0 Å². The summed E-state index contributed by atoms with van der Waals surface area (Å²) in [6, 6.07) is 0.0386. The van der Waals surface area contributed by atoms with E-state index in [9.17, 15) is 4.79 Å². The van der Waals surface area contributed by atoms with E-state index in [1.807, 2.05) is 17.1 Å². The topological polar surface area (TPSA) is 32.3 Å². The molecule has 1 rings (SSSR count). The average molecular weight is 203 g/mol. The summed E-state index contributed by atoms with van der Waals surface area (Å²) in [4.78, 5) is 13.2. The first-order valence-electron chi connectivity index (χ1n) is 4.58. The van der Waals surface area contributed by atoms with Crippen LogP contribution in [0.4, 0.5) is 4.79 Å². The predicted octanol–water partition coefficient (Wildman–Crippen LogP) is 1.59. The molecule has 1 saturated heterocycles. The molecule has 0 aromatic carbocycles. The maximum absolute atomic E-state index is 11.4. The van der Waals surface area contributed by atoms with Crippen LogP contribution in [0.2, 0.25) is 0 Å². The van der Waals surface area contributed by atoms with Crippen LogP contribution < -0.4 is 5.32 Å². The number of nitrogens with zero attached hydrogens (tertiary/aromatic N) is 1. The zero-order valence-corrected chi connectivity index (χ0v) is 8.39. The number of hydrogen-bond donors (Lipinski definition) is 1. The highest BCUT2D eigenvalue weighted by Gasteiger charge is 2.16. The minimum atomic E-state index is 0.0386. The predicted molar refractivity (Wildman–Crippen MR) is 54.1 cm³/mol. The number of nitrogens with one attached hydrogen (secondary N) is 1. The molecule has 0 aromatic rings. The quantitative estimate of drug-likeness (QED) is 0.547. The van der Waals surface area contributed by atoms with E-state index in [0.29, 0.717) is 12.4 Å². The molecular weight excluding hydrogens is 188 g/mol. The molecule has 0 radical (unpaired) electrons. The molecule has 0 aliphatic carbocycles. The number of carbonyl (C=O) groups is 1. The van der Waals surface area contributed by atoms with Crippen LogP contribution in [-0.4, -0.2) is 36.4 Å². The molecule has 2 amide bonds. The summed E-state index contributed by atoms with van der Waals surface area (Å²) in [6.07, 6.45) is 5.95. The molecule has 74 valence electrons. The summed E-state index contributed by atoms with van der Waals surface area (Å²) in [5, 5.41) is 2.80. The number of halogens is 1. The Hall–Kier alpha value is -0.700. The van der Waals surface area contributed by atoms with Crippen LogP contribution in [0.3, 0.4) is 0 Å². The molecule has 1 aliphatic rings. The van der Waals surface area contributed by atoms with Gasteiger partial charge in [0.15, 0.2) is 0 Å². The van der Waals surface area contributed by atoms with Crippen molar-refractivity contribution in [2.24, 2.45) is 0 Å². The zero-order chi connectivity index (χ0) is 9.52. The van der Waals surface area contributed by atoms with Crippen molar-refractivity contribution in [1.82, 2.24) is 10.2 Å². The van der Waals surface area contributed by atoms with Gasteiger partial charge in [-0.3, -0.25) is 0 Å². The second-order valence-corrected chi connectivity index (χ2v) is 3.31. The van der Waals surface area contributed by atoms with Crippen LogP contribution in [0.25, 0.3) is 0 Å². The van der Waals surface area contributed by atoms with Gasteiger partial charge in [0.2, 0.25) is 0 Å². The van der Waals surface area contributed by atoms with Crippen LogP contribution >= 0.6 is 11.6 Å². The SMILES string of the molecule is O=C(NC/C=C/CCl)N1CCCC1. The number of hydrogen-bond acceptors (Lipinski definition) is 1. The van der Waals surface area contributed by atoms with E-state index in [-0.39, 0.29) is 6.03 Å². The first kappa shape index (κ1) is 10.4. The van der Waals surface area contributed by atoms with Gasteiger partial charge in [0, 0.05) is 25.5 Å². The van der Waals surface area contributed by atoms with E-state index in [2.05, 4.69) is 5.32 Å². The van der Waals surface area contributed by atoms with Gasteiger partial charge in [-0.2, -0.15) is 0 Å². The van der Waals surface area contributed by atoms with Gasteiger partial charge in [-0.25, -0.2) is 4.79 Å². The third kappa shape index (κ3) is 3.68. The number of carbonyl (C=O) groups excluding carboxylic acids is 1. The Morgan fingerprint density at radius 2 is 2.08 bits per heavy atom. The maximum Gasteiger partial charge on any atom is 0.317 e. The highest BCUT2D eigenvalue weighted by Crippen LogP contribution is 2.06. The van der Waals surface area contributed by atoms with Crippen molar-refractivity contribution >= 4 is 17.6 Å². The Kier molecular flexibility index (Phi) is 4.68. The lowest BCUT2D eigenvalue weighted by Gasteiger charge is -2.14. The van der Waals surface area contributed by atoms with E-state index in [1.165, 1.54) is 0 Å². The molecule has 1 aliphatic heterocycles. The smallest absolute Gasteiger partial charge is 0.317 e. The number of alkyl halides is 1. The van der Waals surface area contributed by atoms with E-state index >= 15 is 0 Å². The molecule has 13 heavy (non-hydrogen) atoms. The molecule has 1 fully saturated rings. The Morgan fingerprint density at radius 3 is 2.69 bits per heavy atom. The Balaban J connectivity index is 2.13. The van der Waals surface area contributed by atoms with Crippen molar-refractivity contribution in [1.29, 1.82) is 0 Å². The van der Waals surface area contributed by atoms with Gasteiger partial charge >= 0.3 is 6.03 Å². The van der Waals surface area contributed by atoms with E-state index in [1.54, 1.807) is 0 Å². The Bertz CT molecular complexity index is 188. The molecule has 0 bridgehead atoms. The molecule has 0 aromatic heterocycles. The van der Waals surface area contributed by atoms with Gasteiger partial charge in [-0.1, -0.05) is 12.2 Å². The van der Waals surface area contributed by atoms with Crippen LogP contribution in [0, 0.1) is 0 Å². The summed E-state index contributed by atoms with van der Waals surface area (Å²) in [7, 11) is 0. The second-order valence-electron chi connectivity index (χ2n) is 3.01. The fraction of sp³-hybridized carbons (Fsp3) is 0.667. The Morgan fingerprint density at radius 1 is 1.38 bits per heavy atom. The van der Waals surface area contributed by atoms with Crippen LogP contribution in [-0.2, 0) is 0 Å². The zero-order valence-electron chi connectivity index (χ0n) is 7.63. The van der Waals surface area contributed by atoms with Crippen LogP contribution in [0.1, 0.15) is 12.8 Å². The van der Waals surface area contributed by atoms with Crippen molar-refractivity contribution in [2.75, 3.05) is 25.5 Å². The van der Waals surface area contributed by atoms with Crippen LogP contribution in [0.15, 0.2) is 12.2 Å². The lowest BCUT2D eigenvalue weighted by molar-refractivity contribution is 0.210. The van der Waals surface area contributed by atoms with Crippen molar-refractivity contribution in [3.63, 3.8) is 0 Å². The van der Waals surface area contributed by atoms with E-state index < -0.39 is 0 Å². The maximum atomic E-state index is 11.4. The van der Waals surface area contributed by atoms with E-state index in [0.717, 1.165) is 25.9 Å². The molecule has 3 nitrogen and oxygen atoms in total. The molecule has 1 heterocycles. The standard InChI is InChI=1S/C9H15ClN2O/c10-5-1-2-6-11-9(13)12-7-3-4-8-12/h1-2H,3-8H2,(H,11,13)/b2-1+. The highest BCUT2D eigenvalue weighted by molar-refractivity contribution is 6.18. The lowest BCUT2D eigenvalue weighted by Crippen LogP contribution is -2.37. The van der Waals surface area contributed by atoms with E-state index in [4.69, 9.17) is 11.6 Å². The molecule has 0 unspecified atom stereocenters. The molecular formula is C9H15ClN2O. The van der Waals surface area contributed by atoms with Gasteiger partial charge < -0.3 is 10.2 Å². The third-order valence-electron chi connectivity index (χ3n) is 2.02. The average Bonchev–Trinajstić information content (AvgIpc) is 2.65. The van der Waals surface area contributed by atoms with Crippen molar-refractivity contribution < 1.29 is 4.79 Å². The summed E-state index contributed by atoms with van der Waals surface area (Å²) >= 11 is 5.43. The summed E-state index contributed by atoms with van der Waals surface area (Å²) in [5.74, 6) is 0.500. The number of rotatable bonds is 3. The highest BCUT2D eigenvalue weighted by atomic mass is 35.5. The fourth-order valence-corrected chi connectivity index (χ4v) is 1.45. The summed E-state index contributed by atoms with van der Waals surface area (Å²) in [5.41, 5.74) is 0. The number of amides is 2. The molecule has 0 spiro atoms. The van der Waals surface area contributed by atoms with Gasteiger partial charge in [-0.05, 0) is 12.8 Å². The molecule has 1 N–H and O–H groups in total. The van der Waals surface area contributed by atoms with Gasteiger partial charge in [0.05, 0.1) is 0 Å². The van der Waals surface area contributed by atoms with Crippen molar-refractivity contribution in [3.8, 4) is 0 Å². The molecule has 0 atom stereocenters. The summed E-state index contributed by atoms with van der Waals surface area (Å²) in [6.45, 7) is 2.36. The normalized spacial score (nSPS) is 16.8. The summed E-state index contributed by atoms with van der Waals surface area (Å²) < 4.78 is 0. The van der Waals surface area contributed by atoms with Gasteiger partial charge in [-0.15, -0.1) is 11.6 Å². The molecule has 4 heteroatoms. The first-order chi connectivity index (χ1) is 6.34. The minimum Gasteiger partial charge on any atom is -0.335 e. The minimum absolute atomic E-state index is 0.0386. The molecule has 0 saturated carbocycles. The second kappa shape index (κ2) is 5.86.